The standard InChI is InChI=1S/C19H23N5O/c1-13-7-5-6-8-15(13)9-14(2)21-19(25)17-12-24(4)22-18(17)16-10-20-23(3)11-16/h5-8,10-12,14H,9H2,1-4H3,(H,21,25). The third-order valence-corrected chi connectivity index (χ3v) is 4.22. The van der Waals surface area contributed by atoms with E-state index in [-0.39, 0.29) is 11.9 Å². The van der Waals surface area contributed by atoms with Gasteiger partial charge in [-0.15, -0.1) is 0 Å². The van der Waals surface area contributed by atoms with E-state index in [2.05, 4.69) is 34.6 Å². The molecule has 3 aromatic rings. The molecule has 2 aromatic heterocycles. The van der Waals surface area contributed by atoms with E-state index in [9.17, 15) is 4.79 Å². The van der Waals surface area contributed by atoms with Gasteiger partial charge in [-0.05, 0) is 31.4 Å². The molecule has 0 saturated heterocycles. The van der Waals surface area contributed by atoms with E-state index in [4.69, 9.17) is 0 Å². The van der Waals surface area contributed by atoms with Gasteiger partial charge in [0.05, 0.1) is 11.8 Å². The zero-order valence-electron chi connectivity index (χ0n) is 15.0. The highest BCUT2D eigenvalue weighted by atomic mass is 16.1. The van der Waals surface area contributed by atoms with Gasteiger partial charge in [0.2, 0.25) is 0 Å². The number of nitrogens with one attached hydrogen (secondary N) is 1. The molecule has 0 bridgehead atoms. The normalized spacial score (nSPS) is 12.2. The van der Waals surface area contributed by atoms with Crippen molar-refractivity contribution in [2.24, 2.45) is 14.1 Å². The minimum atomic E-state index is -0.118. The van der Waals surface area contributed by atoms with E-state index in [1.807, 2.05) is 39.3 Å². The predicted molar refractivity (Wildman–Crippen MR) is 97.2 cm³/mol. The van der Waals surface area contributed by atoms with Gasteiger partial charge in [-0.3, -0.25) is 14.2 Å². The number of benzene rings is 1. The summed E-state index contributed by atoms with van der Waals surface area (Å²) in [4.78, 5) is 12.8. The first-order valence-corrected chi connectivity index (χ1v) is 8.32. The van der Waals surface area contributed by atoms with Gasteiger partial charge < -0.3 is 5.32 Å². The summed E-state index contributed by atoms with van der Waals surface area (Å²) in [6, 6.07) is 8.26. The average molecular weight is 337 g/mol. The molecule has 1 aromatic carbocycles. The molecule has 130 valence electrons. The molecule has 25 heavy (non-hydrogen) atoms. The van der Waals surface area contributed by atoms with E-state index in [0.717, 1.165) is 12.0 Å². The van der Waals surface area contributed by atoms with Crippen LogP contribution in [-0.2, 0) is 20.5 Å². The number of carbonyl (C=O) groups is 1. The second-order valence-electron chi connectivity index (χ2n) is 6.47. The summed E-state index contributed by atoms with van der Waals surface area (Å²) in [6.07, 6.45) is 6.12. The summed E-state index contributed by atoms with van der Waals surface area (Å²) in [5.74, 6) is -0.118. The van der Waals surface area contributed by atoms with Crippen molar-refractivity contribution in [2.45, 2.75) is 26.3 Å². The Morgan fingerprint density at radius 2 is 1.96 bits per heavy atom. The van der Waals surface area contributed by atoms with Crippen molar-refractivity contribution in [3.8, 4) is 11.3 Å². The number of aryl methyl sites for hydroxylation is 3. The zero-order chi connectivity index (χ0) is 18.0. The summed E-state index contributed by atoms with van der Waals surface area (Å²) in [6.45, 7) is 4.11. The highest BCUT2D eigenvalue weighted by Crippen LogP contribution is 2.21. The quantitative estimate of drug-likeness (QED) is 0.778. The Morgan fingerprint density at radius 3 is 2.64 bits per heavy atom. The Bertz CT molecular complexity index is 893. The Morgan fingerprint density at radius 1 is 1.20 bits per heavy atom. The topological polar surface area (TPSA) is 64.7 Å². The molecule has 0 aliphatic heterocycles. The second kappa shape index (κ2) is 6.93. The SMILES string of the molecule is Cc1ccccc1CC(C)NC(=O)c1cn(C)nc1-c1cnn(C)c1. The number of aromatic nitrogens is 4. The molecule has 1 amide bonds. The summed E-state index contributed by atoms with van der Waals surface area (Å²) in [7, 11) is 3.66. The van der Waals surface area contributed by atoms with Crippen molar-refractivity contribution in [3.05, 3.63) is 59.5 Å². The molecule has 3 rings (SSSR count). The van der Waals surface area contributed by atoms with Crippen LogP contribution in [0.2, 0.25) is 0 Å². The van der Waals surface area contributed by atoms with Crippen LogP contribution in [-0.4, -0.2) is 31.5 Å². The Hall–Kier alpha value is -2.89. The fourth-order valence-corrected chi connectivity index (χ4v) is 2.93. The van der Waals surface area contributed by atoms with Crippen LogP contribution in [0.5, 0.6) is 0 Å². The van der Waals surface area contributed by atoms with Gasteiger partial charge in [0, 0.05) is 38.1 Å². The average Bonchev–Trinajstić information content (AvgIpc) is 3.15. The molecule has 0 radical (unpaired) electrons. The fraction of sp³-hybridized carbons (Fsp3) is 0.316. The summed E-state index contributed by atoms with van der Waals surface area (Å²) in [5, 5.41) is 11.7. The first-order chi connectivity index (χ1) is 11.9. The number of rotatable bonds is 5. The van der Waals surface area contributed by atoms with Crippen LogP contribution in [0.3, 0.4) is 0 Å². The van der Waals surface area contributed by atoms with Gasteiger partial charge in [0.15, 0.2) is 0 Å². The lowest BCUT2D eigenvalue weighted by Crippen LogP contribution is -2.34. The molecule has 6 nitrogen and oxygen atoms in total. The molecule has 0 spiro atoms. The van der Waals surface area contributed by atoms with Gasteiger partial charge in [0.1, 0.15) is 5.69 Å². The van der Waals surface area contributed by atoms with Crippen LogP contribution in [0.4, 0.5) is 0 Å². The van der Waals surface area contributed by atoms with Gasteiger partial charge >= 0.3 is 0 Å². The number of nitrogens with zero attached hydrogens (tertiary/aromatic N) is 4. The highest BCUT2D eigenvalue weighted by molar-refractivity contribution is 5.99. The van der Waals surface area contributed by atoms with E-state index in [1.165, 1.54) is 11.1 Å². The minimum Gasteiger partial charge on any atom is -0.349 e. The van der Waals surface area contributed by atoms with Crippen molar-refractivity contribution >= 4 is 5.91 Å². The second-order valence-corrected chi connectivity index (χ2v) is 6.47. The molecule has 6 heteroatoms. The number of amides is 1. The van der Waals surface area contributed by atoms with E-state index >= 15 is 0 Å². The maximum Gasteiger partial charge on any atom is 0.255 e. The lowest BCUT2D eigenvalue weighted by atomic mass is 10.0. The first-order valence-electron chi connectivity index (χ1n) is 8.32. The van der Waals surface area contributed by atoms with Crippen LogP contribution >= 0.6 is 0 Å². The van der Waals surface area contributed by atoms with Gasteiger partial charge in [-0.1, -0.05) is 24.3 Å². The maximum atomic E-state index is 12.8. The molecule has 1 N–H and O–H groups in total. The third-order valence-electron chi connectivity index (χ3n) is 4.22. The molecule has 0 aliphatic carbocycles. The molecular weight excluding hydrogens is 314 g/mol. The molecule has 0 saturated carbocycles. The number of hydrogen-bond donors (Lipinski definition) is 1. The number of carbonyl (C=O) groups excluding carboxylic acids is 1. The first kappa shape index (κ1) is 17.0. The minimum absolute atomic E-state index is 0.0237. The van der Waals surface area contributed by atoms with Crippen LogP contribution in [0.1, 0.15) is 28.4 Å². The van der Waals surface area contributed by atoms with Crippen LogP contribution in [0, 0.1) is 6.92 Å². The fourth-order valence-electron chi connectivity index (χ4n) is 2.93. The maximum absolute atomic E-state index is 12.8. The van der Waals surface area contributed by atoms with Crippen molar-refractivity contribution in [2.75, 3.05) is 0 Å². The molecule has 2 heterocycles. The Labute approximate surface area is 147 Å². The third kappa shape index (κ3) is 3.79. The lowest BCUT2D eigenvalue weighted by Gasteiger charge is -2.15. The van der Waals surface area contributed by atoms with E-state index < -0.39 is 0 Å². The smallest absolute Gasteiger partial charge is 0.255 e. The molecule has 0 aliphatic rings. The monoisotopic (exact) mass is 337 g/mol. The molecule has 1 atom stereocenters. The van der Waals surface area contributed by atoms with Crippen molar-refractivity contribution in [1.82, 2.24) is 24.9 Å². The van der Waals surface area contributed by atoms with Gasteiger partial charge in [-0.2, -0.15) is 10.2 Å². The number of hydrogen-bond acceptors (Lipinski definition) is 3. The van der Waals surface area contributed by atoms with E-state index in [1.54, 1.807) is 21.8 Å². The zero-order valence-corrected chi connectivity index (χ0v) is 15.0. The largest absolute Gasteiger partial charge is 0.349 e. The summed E-state index contributed by atoms with van der Waals surface area (Å²) < 4.78 is 3.36. The van der Waals surface area contributed by atoms with Crippen molar-refractivity contribution in [1.29, 1.82) is 0 Å². The van der Waals surface area contributed by atoms with Crippen LogP contribution in [0.25, 0.3) is 11.3 Å². The molecule has 0 fully saturated rings. The van der Waals surface area contributed by atoms with E-state index in [0.29, 0.717) is 11.3 Å². The molecular formula is C19H23N5O. The Kier molecular flexibility index (Phi) is 4.70. The highest BCUT2D eigenvalue weighted by Gasteiger charge is 2.20. The molecule has 1 unspecified atom stereocenters. The van der Waals surface area contributed by atoms with Crippen molar-refractivity contribution < 1.29 is 4.79 Å². The van der Waals surface area contributed by atoms with Gasteiger partial charge in [-0.25, -0.2) is 0 Å². The van der Waals surface area contributed by atoms with Crippen molar-refractivity contribution in [3.63, 3.8) is 0 Å². The summed E-state index contributed by atoms with van der Waals surface area (Å²) in [5.41, 5.74) is 4.53. The summed E-state index contributed by atoms with van der Waals surface area (Å²) >= 11 is 0. The lowest BCUT2D eigenvalue weighted by molar-refractivity contribution is 0.0940. The predicted octanol–water partition coefficient (Wildman–Crippen LogP) is 2.49. The van der Waals surface area contributed by atoms with Crippen LogP contribution in [0.15, 0.2) is 42.9 Å². The van der Waals surface area contributed by atoms with Gasteiger partial charge in [0.25, 0.3) is 5.91 Å². The van der Waals surface area contributed by atoms with Crippen LogP contribution < -0.4 is 5.32 Å². The Balaban J connectivity index is 1.76.